The fraction of sp³-hybridized carbons (Fsp3) is 0.625. The Balaban J connectivity index is 2.33. The largest absolute Gasteiger partial charge is 0.480 e. The summed E-state index contributed by atoms with van der Waals surface area (Å²) in [6, 6.07) is 18.8. The number of aliphatic hydroxyl groups is 2. The number of rotatable bonds is 32. The van der Waals surface area contributed by atoms with Crippen molar-refractivity contribution in [2.75, 3.05) is 126 Å². The van der Waals surface area contributed by atoms with Crippen molar-refractivity contribution in [3.8, 4) is 0 Å². The Kier molecular flexibility index (Phi) is 25.0. The summed E-state index contributed by atoms with van der Waals surface area (Å²) in [5, 5.41) is 28.1. The van der Waals surface area contributed by atoms with Crippen LogP contribution in [0.15, 0.2) is 60.7 Å². The van der Waals surface area contributed by atoms with Crippen LogP contribution in [0.3, 0.4) is 0 Å². The number of aliphatic carboxylic acids is 1. The first-order chi connectivity index (χ1) is 26.6. The van der Waals surface area contributed by atoms with E-state index in [4.69, 9.17) is 29.2 Å². The summed E-state index contributed by atoms with van der Waals surface area (Å²) in [6.07, 6.45) is 0. The molecule has 0 radical (unpaired) electrons. The Hall–Kier alpha value is -3.51. The number of benzene rings is 2. The lowest BCUT2D eigenvalue weighted by Crippen LogP contribution is -2.55. The summed E-state index contributed by atoms with van der Waals surface area (Å²) in [5.41, 5.74) is 1.99. The highest BCUT2D eigenvalue weighted by atomic mass is 16.5. The summed E-state index contributed by atoms with van der Waals surface area (Å²) in [7, 11) is 3.41. The van der Waals surface area contributed by atoms with E-state index in [1.165, 1.54) is 0 Å². The number of amides is 2. The smallest absolute Gasteiger partial charge is 0.317 e. The minimum Gasteiger partial charge on any atom is -0.480 e. The van der Waals surface area contributed by atoms with Crippen LogP contribution in [0.5, 0.6) is 0 Å². The van der Waals surface area contributed by atoms with Gasteiger partial charge in [0.25, 0.3) is 0 Å². The molecule has 0 bridgehead atoms. The predicted octanol–water partition coefficient (Wildman–Crippen LogP) is 1.12. The topological polar surface area (TPSA) is 165 Å². The van der Waals surface area contributed by atoms with E-state index >= 15 is 0 Å². The molecule has 0 saturated carbocycles. The van der Waals surface area contributed by atoms with Crippen molar-refractivity contribution in [1.82, 2.24) is 24.5 Å². The summed E-state index contributed by atoms with van der Waals surface area (Å²) in [4.78, 5) is 48.2. The summed E-state index contributed by atoms with van der Waals surface area (Å²) >= 11 is 0. The van der Waals surface area contributed by atoms with Crippen LogP contribution in [0.4, 0.5) is 0 Å². The van der Waals surface area contributed by atoms with Crippen molar-refractivity contribution in [3.63, 3.8) is 0 Å². The molecular weight excluding hydrogens is 710 g/mol. The van der Waals surface area contributed by atoms with Gasteiger partial charge in [-0.15, -0.1) is 0 Å². The van der Waals surface area contributed by atoms with Gasteiger partial charge in [0, 0.05) is 52.4 Å². The number of likely N-dealkylation sites (N-methyl/N-ethyl adjacent to an activating group) is 4. The van der Waals surface area contributed by atoms with Crippen LogP contribution in [0, 0.1) is 0 Å². The molecule has 2 aromatic rings. The van der Waals surface area contributed by atoms with Crippen molar-refractivity contribution >= 4 is 17.8 Å². The van der Waals surface area contributed by atoms with Crippen LogP contribution < -0.4 is 0 Å². The first-order valence-corrected chi connectivity index (χ1v) is 19.1. The molecule has 0 fully saturated rings. The Labute approximate surface area is 327 Å². The first-order valence-electron chi connectivity index (χ1n) is 19.1. The lowest BCUT2D eigenvalue weighted by Gasteiger charge is -2.38. The first kappa shape index (κ1) is 47.6. The molecule has 15 nitrogen and oxygen atoms in total. The van der Waals surface area contributed by atoms with Gasteiger partial charge in [0.15, 0.2) is 0 Å². The van der Waals surface area contributed by atoms with E-state index in [-0.39, 0.29) is 96.3 Å². The SMILES string of the molecule is CCN(CC(=O)N(C)CCOCCO)C(COCc1ccccc1)CN(CC(=O)O)CC(COCc1ccccc1)N(CC)CC(=O)N(C)CCOCCO. The number of carbonyl (C=O) groups is 3. The van der Waals surface area contributed by atoms with Crippen LogP contribution >= 0.6 is 0 Å². The van der Waals surface area contributed by atoms with E-state index in [0.29, 0.717) is 52.6 Å². The van der Waals surface area contributed by atoms with Gasteiger partial charge in [0.1, 0.15) is 0 Å². The average Bonchev–Trinajstić information content (AvgIpc) is 3.18. The van der Waals surface area contributed by atoms with Gasteiger partial charge in [0.05, 0.1) is 85.7 Å². The van der Waals surface area contributed by atoms with Gasteiger partial charge < -0.3 is 44.1 Å². The van der Waals surface area contributed by atoms with Gasteiger partial charge in [-0.25, -0.2) is 0 Å². The molecule has 55 heavy (non-hydrogen) atoms. The van der Waals surface area contributed by atoms with Gasteiger partial charge in [-0.2, -0.15) is 0 Å². The summed E-state index contributed by atoms with van der Waals surface area (Å²) < 4.78 is 23.2. The normalized spacial score (nSPS) is 12.7. The monoisotopic (exact) mass is 775 g/mol. The van der Waals surface area contributed by atoms with E-state index in [2.05, 4.69) is 0 Å². The molecule has 0 heterocycles. The number of nitrogens with zero attached hydrogens (tertiary/aromatic N) is 5. The third kappa shape index (κ3) is 20.3. The minimum atomic E-state index is -1.00. The molecule has 2 aromatic carbocycles. The molecule has 0 aliphatic rings. The maximum atomic E-state index is 13.4. The molecule has 0 aliphatic heterocycles. The van der Waals surface area contributed by atoms with Crippen molar-refractivity contribution in [3.05, 3.63) is 71.8 Å². The molecule has 0 spiro atoms. The Bertz CT molecular complexity index is 1220. The van der Waals surface area contributed by atoms with E-state index in [0.717, 1.165) is 11.1 Å². The van der Waals surface area contributed by atoms with Crippen LogP contribution in [0.2, 0.25) is 0 Å². The standard InChI is InChI=1S/C40H65N5O10/c1-5-44(27-38(48)41(3)17-21-52-23-19-46)36(32-54-30-34-13-9-7-10-14-34)25-43(29-40(50)51)26-37(33-55-31-35-15-11-8-12-16-35)45(6-2)28-39(49)42(4)18-22-53-24-20-47/h7-16,36-37,46-47H,5-6,17-33H2,1-4H3,(H,50,51). The Morgan fingerprint density at radius 3 is 1.35 bits per heavy atom. The molecule has 15 heteroatoms. The molecule has 2 rings (SSSR count). The minimum absolute atomic E-state index is 0.0842. The van der Waals surface area contributed by atoms with Gasteiger partial charge in [0.2, 0.25) is 11.8 Å². The second-order valence-corrected chi connectivity index (χ2v) is 13.3. The highest BCUT2D eigenvalue weighted by Gasteiger charge is 2.29. The maximum absolute atomic E-state index is 13.4. The molecule has 0 aromatic heterocycles. The Morgan fingerprint density at radius 2 is 1.00 bits per heavy atom. The second-order valence-electron chi connectivity index (χ2n) is 13.3. The third-order valence-electron chi connectivity index (χ3n) is 9.13. The number of aliphatic hydroxyl groups excluding tert-OH is 2. The number of ether oxygens (including phenoxy) is 4. The number of carboxylic acid groups (broad SMARTS) is 1. The number of hydrogen-bond donors (Lipinski definition) is 3. The van der Waals surface area contributed by atoms with Crippen LogP contribution in [0.25, 0.3) is 0 Å². The summed E-state index contributed by atoms with van der Waals surface area (Å²) in [6.45, 7) is 8.07. The quantitative estimate of drug-likeness (QED) is 0.0908. The maximum Gasteiger partial charge on any atom is 0.317 e. The van der Waals surface area contributed by atoms with E-state index in [9.17, 15) is 19.5 Å². The average molecular weight is 776 g/mol. The van der Waals surface area contributed by atoms with Crippen LogP contribution in [-0.2, 0) is 46.5 Å². The van der Waals surface area contributed by atoms with E-state index in [1.807, 2.05) is 89.2 Å². The number of carboxylic acids is 1. The zero-order valence-corrected chi connectivity index (χ0v) is 33.3. The van der Waals surface area contributed by atoms with E-state index in [1.54, 1.807) is 23.9 Å². The molecule has 0 aliphatic carbocycles. The number of carbonyl (C=O) groups excluding carboxylic acids is 2. The molecule has 310 valence electrons. The van der Waals surface area contributed by atoms with Crippen LogP contribution in [0.1, 0.15) is 25.0 Å². The fourth-order valence-electron chi connectivity index (χ4n) is 5.88. The van der Waals surface area contributed by atoms with Gasteiger partial charge >= 0.3 is 5.97 Å². The fourth-order valence-corrected chi connectivity index (χ4v) is 5.88. The van der Waals surface area contributed by atoms with E-state index < -0.39 is 5.97 Å². The highest BCUT2D eigenvalue weighted by molar-refractivity contribution is 5.78. The molecule has 2 unspecified atom stereocenters. The lowest BCUT2D eigenvalue weighted by atomic mass is 10.1. The zero-order chi connectivity index (χ0) is 40.3. The van der Waals surface area contributed by atoms with Crippen LogP contribution in [-0.4, -0.2) is 196 Å². The lowest BCUT2D eigenvalue weighted by molar-refractivity contribution is -0.140. The van der Waals surface area contributed by atoms with Gasteiger partial charge in [-0.1, -0.05) is 74.5 Å². The molecule has 0 saturated heterocycles. The third-order valence-corrected chi connectivity index (χ3v) is 9.13. The highest BCUT2D eigenvalue weighted by Crippen LogP contribution is 2.13. The summed E-state index contributed by atoms with van der Waals surface area (Å²) in [5.74, 6) is -1.25. The molecule has 2 atom stereocenters. The van der Waals surface area contributed by atoms with Gasteiger partial charge in [-0.3, -0.25) is 29.1 Å². The van der Waals surface area contributed by atoms with Crippen molar-refractivity contribution in [1.29, 1.82) is 0 Å². The van der Waals surface area contributed by atoms with Crippen molar-refractivity contribution in [2.45, 2.75) is 39.1 Å². The second kappa shape index (κ2) is 28.8. The van der Waals surface area contributed by atoms with Crippen molar-refractivity contribution < 1.29 is 48.7 Å². The number of hydrogen-bond acceptors (Lipinski definition) is 12. The van der Waals surface area contributed by atoms with Crippen molar-refractivity contribution in [2.24, 2.45) is 0 Å². The molecular formula is C40H65N5O10. The Morgan fingerprint density at radius 1 is 0.600 bits per heavy atom. The zero-order valence-electron chi connectivity index (χ0n) is 33.3. The molecule has 2 amide bonds. The van der Waals surface area contributed by atoms with Gasteiger partial charge in [-0.05, 0) is 24.2 Å². The predicted molar refractivity (Wildman–Crippen MR) is 209 cm³/mol. The molecule has 3 N–H and O–H groups in total.